The first-order valence-corrected chi connectivity index (χ1v) is 6.87. The van der Waals surface area contributed by atoms with Crippen molar-refractivity contribution in [3.63, 3.8) is 0 Å². The zero-order valence-electron chi connectivity index (χ0n) is 12.2. The fourth-order valence-electron chi connectivity index (χ4n) is 2.39. The summed E-state index contributed by atoms with van der Waals surface area (Å²) in [5, 5.41) is 3.37. The molecular formula is C16H21FN2O. The highest BCUT2D eigenvalue weighted by atomic mass is 19.1. The van der Waals surface area contributed by atoms with Crippen molar-refractivity contribution in [2.45, 2.75) is 26.4 Å². The van der Waals surface area contributed by atoms with E-state index in [9.17, 15) is 4.39 Å². The second-order valence-electron chi connectivity index (χ2n) is 4.77. The highest BCUT2D eigenvalue weighted by Gasteiger charge is 2.12. The van der Waals surface area contributed by atoms with Crippen LogP contribution in [0.5, 0.6) is 5.75 Å². The van der Waals surface area contributed by atoms with Gasteiger partial charge < -0.3 is 14.6 Å². The molecule has 1 atom stereocenters. The molecule has 0 spiro atoms. The molecule has 1 aromatic carbocycles. The maximum Gasteiger partial charge on any atom is 0.170 e. The quantitative estimate of drug-likeness (QED) is 0.875. The molecule has 1 heterocycles. The predicted octanol–water partition coefficient (Wildman–Crippen LogP) is 3.35. The van der Waals surface area contributed by atoms with Gasteiger partial charge in [-0.2, -0.15) is 0 Å². The van der Waals surface area contributed by atoms with Gasteiger partial charge in [-0.25, -0.2) is 4.39 Å². The molecule has 0 amide bonds. The van der Waals surface area contributed by atoms with Crippen LogP contribution in [0.25, 0.3) is 0 Å². The summed E-state index contributed by atoms with van der Waals surface area (Å²) in [6.45, 7) is 5.59. The summed E-state index contributed by atoms with van der Waals surface area (Å²) < 4.78 is 21.3. The van der Waals surface area contributed by atoms with Gasteiger partial charge in [-0.05, 0) is 31.7 Å². The zero-order chi connectivity index (χ0) is 14.5. The summed E-state index contributed by atoms with van der Waals surface area (Å²) in [5.41, 5.74) is 1.78. The molecular weight excluding hydrogens is 255 g/mol. The van der Waals surface area contributed by atoms with E-state index in [0.29, 0.717) is 12.1 Å². The Hall–Kier alpha value is -1.81. The molecule has 1 unspecified atom stereocenters. The third-order valence-electron chi connectivity index (χ3n) is 3.42. The lowest BCUT2D eigenvalue weighted by atomic mass is 10.1. The van der Waals surface area contributed by atoms with E-state index in [4.69, 9.17) is 4.74 Å². The summed E-state index contributed by atoms with van der Waals surface area (Å²) in [7, 11) is 1.48. The maximum atomic E-state index is 14.2. The Morgan fingerprint density at radius 2 is 2.10 bits per heavy atom. The topological polar surface area (TPSA) is 26.2 Å². The molecule has 0 fully saturated rings. The first kappa shape index (κ1) is 14.6. The number of rotatable bonds is 6. The van der Waals surface area contributed by atoms with Crippen molar-refractivity contribution in [3.8, 4) is 5.75 Å². The van der Waals surface area contributed by atoms with Gasteiger partial charge in [-0.1, -0.05) is 19.1 Å². The lowest BCUT2D eigenvalue weighted by molar-refractivity contribution is 0.383. The molecule has 0 aliphatic carbocycles. The largest absolute Gasteiger partial charge is 0.494 e. The average Bonchev–Trinajstić information content (AvgIpc) is 2.90. The molecule has 1 N–H and O–H groups in total. The minimum absolute atomic E-state index is 0.240. The van der Waals surface area contributed by atoms with Crippen LogP contribution in [0.4, 0.5) is 4.39 Å². The highest BCUT2D eigenvalue weighted by molar-refractivity contribution is 5.31. The number of halogens is 1. The fraction of sp³-hybridized carbons (Fsp3) is 0.375. The summed E-state index contributed by atoms with van der Waals surface area (Å²) >= 11 is 0. The van der Waals surface area contributed by atoms with Crippen molar-refractivity contribution < 1.29 is 9.13 Å². The van der Waals surface area contributed by atoms with Crippen molar-refractivity contribution in [1.29, 1.82) is 0 Å². The molecule has 1 aromatic heterocycles. The third kappa shape index (κ3) is 3.02. The average molecular weight is 276 g/mol. The molecule has 0 aliphatic heterocycles. The van der Waals surface area contributed by atoms with E-state index in [1.807, 2.05) is 18.3 Å². The first-order chi connectivity index (χ1) is 9.67. The van der Waals surface area contributed by atoms with E-state index in [0.717, 1.165) is 12.2 Å². The lowest BCUT2D eigenvalue weighted by Crippen LogP contribution is -2.21. The van der Waals surface area contributed by atoms with Gasteiger partial charge in [-0.3, -0.25) is 0 Å². The van der Waals surface area contributed by atoms with Crippen molar-refractivity contribution in [2.75, 3.05) is 13.7 Å². The number of nitrogens with one attached hydrogen (secondary N) is 1. The van der Waals surface area contributed by atoms with Crippen molar-refractivity contribution in [2.24, 2.45) is 0 Å². The molecule has 0 radical (unpaired) electrons. The maximum absolute atomic E-state index is 14.2. The summed E-state index contributed by atoms with van der Waals surface area (Å²) in [6, 6.07) is 9.53. The summed E-state index contributed by atoms with van der Waals surface area (Å²) in [4.78, 5) is 0. The number of methoxy groups -OCH3 is 1. The molecule has 20 heavy (non-hydrogen) atoms. The van der Waals surface area contributed by atoms with Crippen LogP contribution in [0, 0.1) is 5.82 Å². The normalized spacial score (nSPS) is 12.4. The van der Waals surface area contributed by atoms with Crippen molar-refractivity contribution >= 4 is 0 Å². The minimum Gasteiger partial charge on any atom is -0.494 e. The highest BCUT2D eigenvalue weighted by Crippen LogP contribution is 2.22. The standard InChI is InChI=1S/C16H21FN2O/c1-4-18-12(2)14-8-6-10-19(14)11-13-7-5-9-15(20-3)16(13)17/h5-10,12,18H,4,11H2,1-3H3. The minimum atomic E-state index is -0.286. The zero-order valence-corrected chi connectivity index (χ0v) is 12.2. The van der Waals surface area contributed by atoms with Crippen LogP contribution >= 0.6 is 0 Å². The van der Waals surface area contributed by atoms with Crippen molar-refractivity contribution in [3.05, 3.63) is 53.6 Å². The van der Waals surface area contributed by atoms with Crippen LogP contribution in [0.1, 0.15) is 31.1 Å². The number of ether oxygens (including phenoxy) is 1. The smallest absolute Gasteiger partial charge is 0.170 e. The Bertz CT molecular complexity index is 565. The number of nitrogens with zero attached hydrogens (tertiary/aromatic N) is 1. The third-order valence-corrected chi connectivity index (χ3v) is 3.42. The van der Waals surface area contributed by atoms with E-state index in [-0.39, 0.29) is 17.6 Å². The Labute approximate surface area is 119 Å². The monoisotopic (exact) mass is 276 g/mol. The van der Waals surface area contributed by atoms with Crippen LogP contribution in [0.15, 0.2) is 36.5 Å². The van der Waals surface area contributed by atoms with Crippen molar-refractivity contribution in [1.82, 2.24) is 9.88 Å². The Kier molecular flexibility index (Phi) is 4.79. The summed E-state index contributed by atoms with van der Waals surface area (Å²) in [6.07, 6.45) is 1.97. The van der Waals surface area contributed by atoms with Gasteiger partial charge in [0.05, 0.1) is 13.7 Å². The second kappa shape index (κ2) is 6.57. The number of hydrogen-bond acceptors (Lipinski definition) is 2. The first-order valence-electron chi connectivity index (χ1n) is 6.87. The molecule has 0 bridgehead atoms. The number of hydrogen-bond donors (Lipinski definition) is 1. The van der Waals surface area contributed by atoms with Gasteiger partial charge in [0.15, 0.2) is 11.6 Å². The molecule has 2 rings (SSSR count). The van der Waals surface area contributed by atoms with Crippen LogP contribution < -0.4 is 10.1 Å². The van der Waals surface area contributed by atoms with Gasteiger partial charge in [0.25, 0.3) is 0 Å². The van der Waals surface area contributed by atoms with E-state index in [1.165, 1.54) is 7.11 Å². The van der Waals surface area contributed by atoms with E-state index < -0.39 is 0 Å². The molecule has 0 saturated carbocycles. The lowest BCUT2D eigenvalue weighted by Gasteiger charge is -2.17. The van der Waals surface area contributed by atoms with E-state index in [2.05, 4.69) is 29.8 Å². The summed E-state index contributed by atoms with van der Waals surface area (Å²) in [5.74, 6) is 0.00157. The number of aromatic nitrogens is 1. The van der Waals surface area contributed by atoms with Gasteiger partial charge in [0.1, 0.15) is 0 Å². The molecule has 4 heteroatoms. The van der Waals surface area contributed by atoms with Crippen LogP contribution in [-0.2, 0) is 6.54 Å². The predicted molar refractivity (Wildman–Crippen MR) is 78.6 cm³/mol. The Morgan fingerprint density at radius 1 is 1.30 bits per heavy atom. The van der Waals surface area contributed by atoms with Gasteiger partial charge in [0, 0.05) is 23.5 Å². The van der Waals surface area contributed by atoms with E-state index >= 15 is 0 Å². The SMILES string of the molecule is CCNC(C)c1cccn1Cc1cccc(OC)c1F. The molecule has 108 valence electrons. The Balaban J connectivity index is 2.25. The number of benzene rings is 1. The fourth-order valence-corrected chi connectivity index (χ4v) is 2.39. The molecule has 0 saturated heterocycles. The second-order valence-corrected chi connectivity index (χ2v) is 4.77. The molecule has 3 nitrogen and oxygen atoms in total. The van der Waals surface area contributed by atoms with E-state index in [1.54, 1.807) is 12.1 Å². The van der Waals surface area contributed by atoms with Crippen LogP contribution in [-0.4, -0.2) is 18.2 Å². The van der Waals surface area contributed by atoms with Gasteiger partial charge in [0.2, 0.25) is 0 Å². The van der Waals surface area contributed by atoms with Crippen LogP contribution in [0.2, 0.25) is 0 Å². The van der Waals surface area contributed by atoms with Gasteiger partial charge >= 0.3 is 0 Å². The van der Waals surface area contributed by atoms with Gasteiger partial charge in [-0.15, -0.1) is 0 Å². The molecule has 2 aromatic rings. The van der Waals surface area contributed by atoms with Crippen LogP contribution in [0.3, 0.4) is 0 Å². The molecule has 0 aliphatic rings. The Morgan fingerprint density at radius 3 is 2.80 bits per heavy atom.